The largest absolute Gasteiger partial charge is 0.353 e. The van der Waals surface area contributed by atoms with E-state index in [2.05, 4.69) is 36.7 Å². The number of aromatic nitrogens is 1. The molecular weight excluding hydrogens is 234 g/mol. The van der Waals surface area contributed by atoms with Gasteiger partial charge in [0, 0.05) is 18.0 Å². The molecule has 0 spiro atoms. The number of hydrogen-bond donors (Lipinski definition) is 0. The highest BCUT2D eigenvalue weighted by Gasteiger charge is 2.17. The lowest BCUT2D eigenvalue weighted by molar-refractivity contribution is 0.623. The maximum Gasteiger partial charge on any atom is 0.147 e. The van der Waals surface area contributed by atoms with Gasteiger partial charge < -0.3 is 4.90 Å². The van der Waals surface area contributed by atoms with Gasteiger partial charge in [0.1, 0.15) is 11.9 Å². The van der Waals surface area contributed by atoms with Gasteiger partial charge in [-0.05, 0) is 32.4 Å². The van der Waals surface area contributed by atoms with E-state index in [1.54, 1.807) is 0 Å². The van der Waals surface area contributed by atoms with Crippen LogP contribution in [0.3, 0.4) is 0 Å². The highest BCUT2D eigenvalue weighted by atomic mass is 15.2. The molecule has 1 atom stereocenters. The molecule has 0 radical (unpaired) electrons. The molecule has 0 fully saturated rings. The summed E-state index contributed by atoms with van der Waals surface area (Å²) in [7, 11) is 0. The van der Waals surface area contributed by atoms with E-state index in [0.29, 0.717) is 11.6 Å². The van der Waals surface area contributed by atoms with E-state index in [4.69, 9.17) is 0 Å². The Labute approximate surface area is 114 Å². The third kappa shape index (κ3) is 2.53. The van der Waals surface area contributed by atoms with E-state index in [9.17, 15) is 5.26 Å². The molecule has 1 unspecified atom stereocenters. The summed E-state index contributed by atoms with van der Waals surface area (Å²) in [5.74, 6) is 0.804. The maximum absolute atomic E-state index is 9.36. The minimum atomic E-state index is 0.380. The fourth-order valence-electron chi connectivity index (χ4n) is 2.30. The summed E-state index contributed by atoms with van der Waals surface area (Å²) in [5, 5.41) is 10.4. The van der Waals surface area contributed by atoms with Crippen molar-refractivity contribution in [2.45, 2.75) is 33.2 Å². The molecule has 0 aliphatic carbocycles. The third-order valence-electron chi connectivity index (χ3n) is 3.56. The molecule has 0 bridgehead atoms. The normalized spacial score (nSPS) is 12.1. The second-order valence-corrected chi connectivity index (χ2v) is 4.71. The Hall–Kier alpha value is -2.08. The molecule has 0 N–H and O–H groups in total. The smallest absolute Gasteiger partial charge is 0.147 e. The van der Waals surface area contributed by atoms with E-state index in [0.717, 1.165) is 29.7 Å². The zero-order chi connectivity index (χ0) is 13.8. The Balaban J connectivity index is 2.60. The van der Waals surface area contributed by atoms with Crippen LogP contribution in [0.1, 0.15) is 32.8 Å². The highest BCUT2D eigenvalue weighted by Crippen LogP contribution is 2.25. The van der Waals surface area contributed by atoms with Crippen molar-refractivity contribution in [1.29, 1.82) is 5.26 Å². The van der Waals surface area contributed by atoms with Crippen LogP contribution in [0.4, 0.5) is 5.82 Å². The molecule has 1 aromatic carbocycles. The number of pyridine rings is 1. The first-order chi connectivity index (χ1) is 9.21. The lowest BCUT2D eigenvalue weighted by Gasteiger charge is -2.29. The first-order valence-corrected chi connectivity index (χ1v) is 6.77. The van der Waals surface area contributed by atoms with Crippen LogP contribution >= 0.6 is 0 Å². The molecule has 1 heterocycles. The Kier molecular flexibility index (Phi) is 4.01. The number of rotatable bonds is 4. The Morgan fingerprint density at radius 2 is 2.05 bits per heavy atom. The summed E-state index contributed by atoms with van der Waals surface area (Å²) >= 11 is 0. The van der Waals surface area contributed by atoms with Crippen molar-refractivity contribution >= 4 is 16.7 Å². The van der Waals surface area contributed by atoms with Crippen LogP contribution in [-0.4, -0.2) is 17.6 Å². The van der Waals surface area contributed by atoms with Gasteiger partial charge in [0.25, 0.3) is 0 Å². The second kappa shape index (κ2) is 5.71. The van der Waals surface area contributed by atoms with Gasteiger partial charge in [-0.2, -0.15) is 5.26 Å². The van der Waals surface area contributed by atoms with Crippen molar-refractivity contribution in [2.24, 2.45) is 0 Å². The topological polar surface area (TPSA) is 39.9 Å². The Morgan fingerprint density at radius 3 is 2.68 bits per heavy atom. The predicted octanol–water partition coefficient (Wildman–Crippen LogP) is 3.73. The van der Waals surface area contributed by atoms with Crippen LogP contribution in [0.25, 0.3) is 10.9 Å². The molecule has 3 heteroatoms. The maximum atomic E-state index is 9.36. The molecule has 2 rings (SSSR count). The first kappa shape index (κ1) is 13.4. The van der Waals surface area contributed by atoms with Gasteiger partial charge in [-0.25, -0.2) is 4.98 Å². The van der Waals surface area contributed by atoms with Gasteiger partial charge in [0.15, 0.2) is 0 Å². The number of nitrogens with zero attached hydrogens (tertiary/aromatic N) is 3. The summed E-state index contributed by atoms with van der Waals surface area (Å²) in [5.41, 5.74) is 1.60. The number of benzene rings is 1. The molecule has 19 heavy (non-hydrogen) atoms. The zero-order valence-corrected chi connectivity index (χ0v) is 11.7. The first-order valence-electron chi connectivity index (χ1n) is 6.77. The molecule has 0 saturated carbocycles. The van der Waals surface area contributed by atoms with Crippen molar-refractivity contribution < 1.29 is 0 Å². The lowest BCUT2D eigenvalue weighted by atomic mass is 10.1. The van der Waals surface area contributed by atoms with E-state index in [-0.39, 0.29) is 0 Å². The van der Waals surface area contributed by atoms with Gasteiger partial charge >= 0.3 is 0 Å². The minimum Gasteiger partial charge on any atom is -0.353 e. The van der Waals surface area contributed by atoms with Gasteiger partial charge in [-0.15, -0.1) is 0 Å². The number of para-hydroxylation sites is 1. The summed E-state index contributed by atoms with van der Waals surface area (Å²) in [6, 6.07) is 12.5. The molecule has 1 aromatic heterocycles. The van der Waals surface area contributed by atoms with Crippen LogP contribution in [-0.2, 0) is 0 Å². The fraction of sp³-hybridized carbons (Fsp3) is 0.375. The number of nitriles is 1. The molecule has 0 aliphatic heterocycles. The molecule has 3 nitrogen and oxygen atoms in total. The average molecular weight is 253 g/mol. The molecule has 0 saturated heterocycles. The molecule has 0 amide bonds. The van der Waals surface area contributed by atoms with Crippen LogP contribution < -0.4 is 4.90 Å². The van der Waals surface area contributed by atoms with Crippen molar-refractivity contribution in [2.75, 3.05) is 11.4 Å². The minimum absolute atomic E-state index is 0.380. The fourth-order valence-corrected chi connectivity index (χ4v) is 2.30. The van der Waals surface area contributed by atoms with E-state index >= 15 is 0 Å². The summed E-state index contributed by atoms with van der Waals surface area (Å²) in [6.07, 6.45) is 1.03. The molecule has 98 valence electrons. The van der Waals surface area contributed by atoms with Gasteiger partial charge in [-0.1, -0.05) is 25.1 Å². The molecule has 0 aliphatic rings. The van der Waals surface area contributed by atoms with Gasteiger partial charge in [-0.3, -0.25) is 0 Å². The summed E-state index contributed by atoms with van der Waals surface area (Å²) in [4.78, 5) is 6.89. The predicted molar refractivity (Wildman–Crippen MR) is 79.2 cm³/mol. The van der Waals surface area contributed by atoms with Crippen LogP contribution in [0.2, 0.25) is 0 Å². The number of hydrogen-bond acceptors (Lipinski definition) is 3. The van der Waals surface area contributed by atoms with Crippen molar-refractivity contribution in [3.8, 4) is 6.07 Å². The van der Waals surface area contributed by atoms with Crippen LogP contribution in [0.5, 0.6) is 0 Å². The highest BCUT2D eigenvalue weighted by molar-refractivity contribution is 5.83. The van der Waals surface area contributed by atoms with Crippen molar-refractivity contribution in [1.82, 2.24) is 4.98 Å². The molecule has 2 aromatic rings. The number of anilines is 1. The standard InChI is InChI=1S/C16H19N3/c1-4-12(3)19(5-2)16-14(11-17)10-13-8-6-7-9-15(13)18-16/h6-10,12H,4-5H2,1-3H3. The third-order valence-corrected chi connectivity index (χ3v) is 3.56. The van der Waals surface area contributed by atoms with Crippen molar-refractivity contribution in [3.05, 3.63) is 35.9 Å². The Bertz CT molecular complexity index is 613. The monoisotopic (exact) mass is 253 g/mol. The van der Waals surface area contributed by atoms with Gasteiger partial charge in [0.05, 0.1) is 11.1 Å². The number of fused-ring (bicyclic) bond motifs is 1. The van der Waals surface area contributed by atoms with E-state index in [1.807, 2.05) is 30.3 Å². The van der Waals surface area contributed by atoms with Crippen molar-refractivity contribution in [3.63, 3.8) is 0 Å². The Morgan fingerprint density at radius 1 is 1.32 bits per heavy atom. The average Bonchev–Trinajstić information content (AvgIpc) is 2.46. The van der Waals surface area contributed by atoms with E-state index < -0.39 is 0 Å². The molecular formula is C16H19N3. The van der Waals surface area contributed by atoms with Crippen LogP contribution in [0.15, 0.2) is 30.3 Å². The quantitative estimate of drug-likeness (QED) is 0.833. The van der Waals surface area contributed by atoms with Gasteiger partial charge in [0.2, 0.25) is 0 Å². The summed E-state index contributed by atoms with van der Waals surface area (Å²) in [6.45, 7) is 7.28. The summed E-state index contributed by atoms with van der Waals surface area (Å²) < 4.78 is 0. The van der Waals surface area contributed by atoms with E-state index in [1.165, 1.54) is 0 Å². The zero-order valence-electron chi connectivity index (χ0n) is 11.7. The lowest BCUT2D eigenvalue weighted by Crippen LogP contribution is -2.33. The second-order valence-electron chi connectivity index (χ2n) is 4.71. The van der Waals surface area contributed by atoms with Crippen LogP contribution in [0, 0.1) is 11.3 Å². The SMILES string of the molecule is CCC(C)N(CC)c1nc2ccccc2cc1C#N.